The monoisotopic (exact) mass is 411 g/mol. The van der Waals surface area contributed by atoms with Crippen LogP contribution < -0.4 is 14.8 Å². The van der Waals surface area contributed by atoms with E-state index in [9.17, 15) is 24.9 Å². The van der Waals surface area contributed by atoms with Crippen LogP contribution in [0.2, 0.25) is 0 Å². The number of hydrogen-bond acceptors (Lipinski definition) is 8. The van der Waals surface area contributed by atoms with E-state index in [1.807, 2.05) is 0 Å². The van der Waals surface area contributed by atoms with Crippen LogP contribution in [0.1, 0.15) is 28.8 Å². The third kappa shape index (κ3) is 5.18. The van der Waals surface area contributed by atoms with Crippen LogP contribution in [-0.4, -0.2) is 30.7 Å². The molecule has 2 aromatic rings. The highest BCUT2D eigenvalue weighted by molar-refractivity contribution is 7.07. The van der Waals surface area contributed by atoms with E-state index in [0.29, 0.717) is 22.1 Å². The average molecular weight is 411 g/mol. The third-order valence-electron chi connectivity index (χ3n) is 3.97. The largest absolute Gasteiger partial charge is 0.469 e. The summed E-state index contributed by atoms with van der Waals surface area (Å²) < 4.78 is 11.1. The second-order valence-electron chi connectivity index (χ2n) is 5.76. The summed E-state index contributed by atoms with van der Waals surface area (Å²) >= 11 is 1.02. The summed E-state index contributed by atoms with van der Waals surface area (Å²) in [5, 5.41) is 18.4. The van der Waals surface area contributed by atoms with Gasteiger partial charge in [0.1, 0.15) is 16.8 Å². The van der Waals surface area contributed by atoms with Gasteiger partial charge in [0.25, 0.3) is 5.56 Å². The standard InChI is InChI=1S/C20H17N3O5S/c1-27-17(24)4-3-9-23-18(25)16(29-19(23)15(11-21)12-22)10-13-5-7-14(8-6-13)20(26)28-2/h5-8,10H,3-4,9H2,1-2H3/b16-10+. The van der Waals surface area contributed by atoms with E-state index in [0.717, 1.165) is 11.3 Å². The Hall–Kier alpha value is -3.69. The van der Waals surface area contributed by atoms with Crippen molar-refractivity contribution < 1.29 is 19.1 Å². The molecule has 0 atom stereocenters. The number of carbonyl (C=O) groups excluding carboxylic acids is 2. The molecule has 0 bridgehead atoms. The molecule has 1 aromatic carbocycles. The zero-order valence-corrected chi connectivity index (χ0v) is 16.6. The van der Waals surface area contributed by atoms with Crippen molar-refractivity contribution in [1.82, 2.24) is 4.57 Å². The maximum absolute atomic E-state index is 12.8. The number of rotatable bonds is 6. The zero-order chi connectivity index (χ0) is 21.4. The molecule has 0 amide bonds. The van der Waals surface area contributed by atoms with Crippen LogP contribution >= 0.6 is 11.3 Å². The predicted molar refractivity (Wildman–Crippen MR) is 105 cm³/mol. The smallest absolute Gasteiger partial charge is 0.337 e. The van der Waals surface area contributed by atoms with Gasteiger partial charge in [-0.25, -0.2) is 4.79 Å². The number of benzene rings is 1. The summed E-state index contributed by atoms with van der Waals surface area (Å²) in [4.78, 5) is 35.6. The summed E-state index contributed by atoms with van der Waals surface area (Å²) in [6.45, 7) is 0.168. The highest BCUT2D eigenvalue weighted by Gasteiger charge is 2.11. The molecule has 0 saturated carbocycles. The van der Waals surface area contributed by atoms with Crippen molar-refractivity contribution in [1.29, 1.82) is 10.5 Å². The maximum atomic E-state index is 12.8. The Morgan fingerprint density at radius 2 is 1.79 bits per heavy atom. The molecule has 0 unspecified atom stereocenters. The minimum absolute atomic E-state index is 0.112. The minimum atomic E-state index is -0.467. The second-order valence-corrected chi connectivity index (χ2v) is 6.80. The summed E-state index contributed by atoms with van der Waals surface area (Å²) in [6.07, 6.45) is 2.05. The number of nitriles is 2. The minimum Gasteiger partial charge on any atom is -0.469 e. The Labute approximate surface area is 170 Å². The van der Waals surface area contributed by atoms with Crippen LogP contribution in [0.5, 0.6) is 0 Å². The van der Waals surface area contributed by atoms with E-state index >= 15 is 0 Å². The third-order valence-corrected chi connectivity index (χ3v) is 5.10. The van der Waals surface area contributed by atoms with Gasteiger partial charge in [-0.1, -0.05) is 12.1 Å². The van der Waals surface area contributed by atoms with Gasteiger partial charge in [-0.05, 0) is 30.2 Å². The van der Waals surface area contributed by atoms with Gasteiger partial charge in [0, 0.05) is 13.0 Å². The van der Waals surface area contributed by atoms with E-state index in [-0.39, 0.29) is 28.8 Å². The number of carbonyl (C=O) groups is 2. The van der Waals surface area contributed by atoms with Crippen molar-refractivity contribution in [2.24, 2.45) is 0 Å². The average Bonchev–Trinajstić information content (AvgIpc) is 3.04. The van der Waals surface area contributed by atoms with Crippen LogP contribution in [0.3, 0.4) is 0 Å². The molecular weight excluding hydrogens is 394 g/mol. The Kier molecular flexibility index (Phi) is 7.47. The lowest BCUT2D eigenvalue weighted by atomic mass is 10.1. The van der Waals surface area contributed by atoms with Crippen molar-refractivity contribution in [3.05, 3.63) is 54.9 Å². The molecule has 1 heterocycles. The number of methoxy groups -OCH3 is 2. The van der Waals surface area contributed by atoms with Crippen molar-refractivity contribution in [2.45, 2.75) is 19.4 Å². The zero-order valence-electron chi connectivity index (χ0n) is 15.8. The van der Waals surface area contributed by atoms with Crippen molar-refractivity contribution >= 4 is 34.9 Å². The first kappa shape index (κ1) is 21.6. The Morgan fingerprint density at radius 3 is 2.34 bits per heavy atom. The first-order valence-corrected chi connectivity index (χ1v) is 9.27. The molecule has 0 fully saturated rings. The molecule has 0 radical (unpaired) electrons. The lowest BCUT2D eigenvalue weighted by Gasteiger charge is -2.01. The quantitative estimate of drug-likeness (QED) is 0.641. The highest BCUT2D eigenvalue weighted by atomic mass is 32.1. The van der Waals surface area contributed by atoms with Gasteiger partial charge in [0.15, 0.2) is 5.57 Å². The molecule has 0 N–H and O–H groups in total. The lowest BCUT2D eigenvalue weighted by Crippen LogP contribution is -2.32. The Bertz CT molecular complexity index is 1160. The van der Waals surface area contributed by atoms with Gasteiger partial charge >= 0.3 is 11.9 Å². The van der Waals surface area contributed by atoms with Crippen molar-refractivity contribution in [3.8, 4) is 12.1 Å². The van der Waals surface area contributed by atoms with Crippen LogP contribution in [0.4, 0.5) is 0 Å². The van der Waals surface area contributed by atoms with Crippen LogP contribution in [0, 0.1) is 22.7 Å². The molecule has 9 heteroatoms. The van der Waals surface area contributed by atoms with E-state index in [4.69, 9.17) is 0 Å². The van der Waals surface area contributed by atoms with Gasteiger partial charge in [-0.3, -0.25) is 14.2 Å². The van der Waals surface area contributed by atoms with Crippen molar-refractivity contribution in [3.63, 3.8) is 0 Å². The van der Waals surface area contributed by atoms with E-state index in [1.54, 1.807) is 42.5 Å². The number of esters is 2. The lowest BCUT2D eigenvalue weighted by molar-refractivity contribution is -0.140. The highest BCUT2D eigenvalue weighted by Crippen LogP contribution is 2.06. The number of ether oxygens (including phenoxy) is 2. The van der Waals surface area contributed by atoms with E-state index < -0.39 is 11.9 Å². The summed E-state index contributed by atoms with van der Waals surface area (Å²) in [5.41, 5.74) is 0.502. The molecule has 0 aliphatic heterocycles. The number of hydrogen-bond donors (Lipinski definition) is 0. The normalized spacial score (nSPS) is 10.7. The Balaban J connectivity index is 2.51. The van der Waals surface area contributed by atoms with Crippen LogP contribution in [0.15, 0.2) is 29.1 Å². The fourth-order valence-electron chi connectivity index (χ4n) is 2.50. The molecule has 29 heavy (non-hydrogen) atoms. The SMILES string of the molecule is COC(=O)CCCn1c(=C(C#N)C#N)s/c(=C/c2ccc(C(=O)OC)cc2)c1=O. The number of thiazole rings is 1. The maximum Gasteiger partial charge on any atom is 0.337 e. The summed E-state index contributed by atoms with van der Waals surface area (Å²) in [6, 6.07) is 10.1. The fourth-order valence-corrected chi connectivity index (χ4v) is 3.58. The molecule has 0 aliphatic rings. The van der Waals surface area contributed by atoms with Crippen LogP contribution in [0.25, 0.3) is 11.6 Å². The first-order valence-electron chi connectivity index (χ1n) is 8.46. The van der Waals surface area contributed by atoms with E-state index in [2.05, 4.69) is 9.47 Å². The van der Waals surface area contributed by atoms with Gasteiger partial charge in [0.05, 0.1) is 24.3 Å². The van der Waals surface area contributed by atoms with Gasteiger partial charge in [-0.15, -0.1) is 11.3 Å². The summed E-state index contributed by atoms with van der Waals surface area (Å²) in [7, 11) is 2.57. The molecule has 0 saturated heterocycles. The number of nitrogens with zero attached hydrogens (tertiary/aromatic N) is 3. The molecule has 0 aliphatic carbocycles. The first-order chi connectivity index (χ1) is 13.9. The molecular formula is C20H17N3O5S. The molecule has 1 aromatic heterocycles. The fraction of sp³-hybridized carbons (Fsp3) is 0.250. The van der Waals surface area contributed by atoms with Crippen molar-refractivity contribution in [2.75, 3.05) is 14.2 Å². The topological polar surface area (TPSA) is 122 Å². The molecule has 2 rings (SSSR count). The number of aromatic nitrogens is 1. The van der Waals surface area contributed by atoms with Crippen LogP contribution in [-0.2, 0) is 20.8 Å². The second kappa shape index (κ2) is 10.0. The van der Waals surface area contributed by atoms with E-state index in [1.165, 1.54) is 18.8 Å². The summed E-state index contributed by atoms with van der Waals surface area (Å²) in [5.74, 6) is -0.873. The van der Waals surface area contributed by atoms with Gasteiger partial charge in [0.2, 0.25) is 0 Å². The van der Waals surface area contributed by atoms with Gasteiger partial charge < -0.3 is 9.47 Å². The van der Waals surface area contributed by atoms with Gasteiger partial charge in [-0.2, -0.15) is 10.5 Å². The molecule has 148 valence electrons. The predicted octanol–water partition coefficient (Wildman–Crippen LogP) is 0.676. The Morgan fingerprint density at radius 1 is 1.14 bits per heavy atom. The molecule has 8 nitrogen and oxygen atoms in total. The molecule has 0 spiro atoms.